The maximum atomic E-state index is 12.7. The van der Waals surface area contributed by atoms with Gasteiger partial charge in [0, 0.05) is 24.7 Å². The molecule has 4 rings (SSSR count). The SMILES string of the molecule is Cc1nnc(-c2cc(C(C)C)n(-c3cccc(C(=O)NCC4COC(C)(C)O4)c3)n2)o1. The van der Waals surface area contributed by atoms with Crippen LogP contribution in [0.25, 0.3) is 17.3 Å². The number of aromatic nitrogens is 4. The fraction of sp³-hybridized carbons (Fsp3) is 0.455. The van der Waals surface area contributed by atoms with Crippen LogP contribution in [-0.2, 0) is 9.47 Å². The first kappa shape index (κ1) is 21.2. The van der Waals surface area contributed by atoms with Gasteiger partial charge in [-0.15, -0.1) is 10.2 Å². The molecule has 3 heterocycles. The first-order valence-electron chi connectivity index (χ1n) is 10.3. The monoisotopic (exact) mass is 425 g/mol. The van der Waals surface area contributed by atoms with E-state index < -0.39 is 5.79 Å². The number of hydrogen-bond donors (Lipinski definition) is 1. The highest BCUT2D eigenvalue weighted by Gasteiger charge is 2.32. The van der Waals surface area contributed by atoms with E-state index in [1.165, 1.54) is 0 Å². The normalized spacial score (nSPS) is 17.9. The van der Waals surface area contributed by atoms with Crippen molar-refractivity contribution in [3.8, 4) is 17.3 Å². The summed E-state index contributed by atoms with van der Waals surface area (Å²) in [5, 5.41) is 15.5. The number of amides is 1. The van der Waals surface area contributed by atoms with Gasteiger partial charge in [-0.25, -0.2) is 4.68 Å². The maximum Gasteiger partial charge on any atom is 0.268 e. The number of benzene rings is 1. The highest BCUT2D eigenvalue weighted by atomic mass is 16.7. The Morgan fingerprint density at radius 2 is 2.10 bits per heavy atom. The summed E-state index contributed by atoms with van der Waals surface area (Å²) < 4.78 is 18.6. The zero-order chi connectivity index (χ0) is 22.2. The van der Waals surface area contributed by atoms with Crippen molar-refractivity contribution in [3.63, 3.8) is 0 Å². The summed E-state index contributed by atoms with van der Waals surface area (Å²) in [6.07, 6.45) is -0.166. The van der Waals surface area contributed by atoms with Crippen LogP contribution in [0.5, 0.6) is 0 Å². The van der Waals surface area contributed by atoms with Crippen LogP contribution >= 0.6 is 0 Å². The van der Waals surface area contributed by atoms with Crippen LogP contribution < -0.4 is 5.32 Å². The molecule has 164 valence electrons. The number of carbonyl (C=O) groups is 1. The van der Waals surface area contributed by atoms with Crippen LogP contribution in [0.3, 0.4) is 0 Å². The minimum atomic E-state index is -0.614. The van der Waals surface area contributed by atoms with Crippen LogP contribution in [0.1, 0.15) is 55.6 Å². The van der Waals surface area contributed by atoms with Gasteiger partial charge in [0.2, 0.25) is 5.89 Å². The molecule has 1 aromatic carbocycles. The number of hydrogen-bond acceptors (Lipinski definition) is 7. The first-order valence-corrected chi connectivity index (χ1v) is 10.3. The molecule has 9 heteroatoms. The van der Waals surface area contributed by atoms with Gasteiger partial charge in [0.05, 0.1) is 12.3 Å². The fourth-order valence-corrected chi connectivity index (χ4v) is 3.47. The van der Waals surface area contributed by atoms with Crippen LogP contribution in [0, 0.1) is 6.92 Å². The lowest BCUT2D eigenvalue weighted by Crippen LogP contribution is -2.34. The zero-order valence-electron chi connectivity index (χ0n) is 18.4. The number of aryl methyl sites for hydroxylation is 1. The highest BCUT2D eigenvalue weighted by molar-refractivity contribution is 5.94. The van der Waals surface area contributed by atoms with Gasteiger partial charge in [-0.1, -0.05) is 19.9 Å². The number of rotatable bonds is 6. The second-order valence-corrected chi connectivity index (χ2v) is 8.36. The summed E-state index contributed by atoms with van der Waals surface area (Å²) in [5.41, 5.74) is 2.89. The van der Waals surface area contributed by atoms with Crippen molar-refractivity contribution < 1.29 is 18.7 Å². The summed E-state index contributed by atoms with van der Waals surface area (Å²) in [6, 6.07) is 9.27. The topological polar surface area (TPSA) is 104 Å². The second kappa shape index (κ2) is 8.24. The molecule has 1 aliphatic rings. The molecule has 0 aliphatic carbocycles. The van der Waals surface area contributed by atoms with Gasteiger partial charge in [0.15, 0.2) is 5.79 Å². The third-order valence-corrected chi connectivity index (χ3v) is 4.98. The van der Waals surface area contributed by atoms with Gasteiger partial charge in [0.25, 0.3) is 11.8 Å². The molecule has 1 saturated heterocycles. The zero-order valence-corrected chi connectivity index (χ0v) is 18.4. The van der Waals surface area contributed by atoms with E-state index in [9.17, 15) is 4.79 Å². The van der Waals surface area contributed by atoms with E-state index in [1.807, 2.05) is 42.8 Å². The minimum Gasteiger partial charge on any atom is -0.420 e. The van der Waals surface area contributed by atoms with Crippen LogP contribution in [0.2, 0.25) is 0 Å². The predicted molar refractivity (Wildman–Crippen MR) is 113 cm³/mol. The Hall–Kier alpha value is -3.04. The Morgan fingerprint density at radius 3 is 2.74 bits per heavy atom. The first-order chi connectivity index (χ1) is 14.7. The van der Waals surface area contributed by atoms with Gasteiger partial charge >= 0.3 is 0 Å². The Kier molecular flexibility index (Phi) is 5.63. The van der Waals surface area contributed by atoms with Gasteiger partial charge in [0.1, 0.15) is 11.8 Å². The van der Waals surface area contributed by atoms with Crippen molar-refractivity contribution in [2.75, 3.05) is 13.2 Å². The van der Waals surface area contributed by atoms with E-state index in [1.54, 1.807) is 13.0 Å². The average Bonchev–Trinajstić information content (AvgIpc) is 3.44. The molecule has 31 heavy (non-hydrogen) atoms. The van der Waals surface area contributed by atoms with E-state index in [4.69, 9.17) is 13.9 Å². The van der Waals surface area contributed by atoms with Gasteiger partial charge in [-0.05, 0) is 44.0 Å². The third kappa shape index (κ3) is 4.67. The average molecular weight is 425 g/mol. The molecule has 2 aromatic heterocycles. The molecular formula is C22H27N5O4. The predicted octanol–water partition coefficient (Wildman–Crippen LogP) is 3.24. The van der Waals surface area contributed by atoms with Gasteiger partial charge in [-0.2, -0.15) is 5.10 Å². The lowest BCUT2D eigenvalue weighted by Gasteiger charge is -2.17. The Balaban J connectivity index is 1.55. The quantitative estimate of drug-likeness (QED) is 0.646. The molecule has 1 atom stereocenters. The van der Waals surface area contributed by atoms with E-state index in [2.05, 4.69) is 34.5 Å². The highest BCUT2D eigenvalue weighted by Crippen LogP contribution is 2.26. The molecule has 0 radical (unpaired) electrons. The summed E-state index contributed by atoms with van der Waals surface area (Å²) >= 11 is 0. The number of ether oxygens (including phenoxy) is 2. The van der Waals surface area contributed by atoms with Crippen molar-refractivity contribution in [3.05, 3.63) is 47.5 Å². The molecule has 9 nitrogen and oxygen atoms in total. The maximum absolute atomic E-state index is 12.7. The summed E-state index contributed by atoms with van der Waals surface area (Å²) in [6.45, 7) is 10.5. The molecule has 1 amide bonds. The van der Waals surface area contributed by atoms with Crippen molar-refractivity contribution in [1.82, 2.24) is 25.3 Å². The lowest BCUT2D eigenvalue weighted by molar-refractivity contribution is -0.137. The van der Waals surface area contributed by atoms with E-state index in [0.29, 0.717) is 36.2 Å². The van der Waals surface area contributed by atoms with Crippen molar-refractivity contribution in [2.24, 2.45) is 0 Å². The summed E-state index contributed by atoms with van der Waals surface area (Å²) in [4.78, 5) is 12.7. The van der Waals surface area contributed by atoms with Crippen molar-refractivity contribution >= 4 is 5.91 Å². The van der Waals surface area contributed by atoms with Gasteiger partial charge < -0.3 is 19.2 Å². The summed E-state index contributed by atoms with van der Waals surface area (Å²) in [7, 11) is 0. The second-order valence-electron chi connectivity index (χ2n) is 8.36. The molecule has 0 bridgehead atoms. The smallest absolute Gasteiger partial charge is 0.268 e. The van der Waals surface area contributed by atoms with Gasteiger partial charge in [-0.3, -0.25) is 4.79 Å². The fourth-order valence-electron chi connectivity index (χ4n) is 3.47. The van der Waals surface area contributed by atoms with Crippen molar-refractivity contribution in [2.45, 2.75) is 52.4 Å². The Labute approximate surface area is 180 Å². The number of nitrogens with one attached hydrogen (secondary N) is 1. The Bertz CT molecular complexity index is 1090. The van der Waals surface area contributed by atoms with Crippen molar-refractivity contribution in [1.29, 1.82) is 0 Å². The third-order valence-electron chi connectivity index (χ3n) is 4.98. The van der Waals surface area contributed by atoms with Crippen LogP contribution in [0.15, 0.2) is 34.7 Å². The van der Waals surface area contributed by atoms with E-state index in [0.717, 1.165) is 11.4 Å². The van der Waals surface area contributed by atoms with E-state index in [-0.39, 0.29) is 17.9 Å². The molecular weight excluding hydrogens is 398 g/mol. The molecule has 1 aliphatic heterocycles. The Morgan fingerprint density at radius 1 is 1.29 bits per heavy atom. The number of nitrogens with zero attached hydrogens (tertiary/aromatic N) is 4. The lowest BCUT2D eigenvalue weighted by atomic mass is 10.1. The molecule has 1 N–H and O–H groups in total. The molecule has 1 fully saturated rings. The molecule has 3 aromatic rings. The summed E-state index contributed by atoms with van der Waals surface area (Å²) in [5.74, 6) is 0.256. The molecule has 0 spiro atoms. The van der Waals surface area contributed by atoms with E-state index >= 15 is 0 Å². The largest absolute Gasteiger partial charge is 0.420 e. The minimum absolute atomic E-state index is 0.166. The standard InChI is InChI=1S/C22H27N5O4/c1-13(2)19-10-18(21-25-24-14(3)30-21)26-27(19)16-8-6-7-15(9-16)20(28)23-11-17-12-29-22(4,5)31-17/h6-10,13,17H,11-12H2,1-5H3,(H,23,28). The van der Waals surface area contributed by atoms with Crippen LogP contribution in [0.4, 0.5) is 0 Å². The number of carbonyl (C=O) groups excluding carboxylic acids is 1. The molecule has 1 unspecified atom stereocenters. The van der Waals surface area contributed by atoms with Crippen LogP contribution in [-0.4, -0.2) is 50.9 Å². The molecule has 0 saturated carbocycles.